The van der Waals surface area contributed by atoms with Crippen LogP contribution in [0.15, 0.2) is 11.8 Å². The topological polar surface area (TPSA) is 99.2 Å². The number of hydrogen-bond acceptors (Lipinski definition) is 7. The highest BCUT2D eigenvalue weighted by molar-refractivity contribution is 7.87. The minimum atomic E-state index is -5.77. The highest BCUT2D eigenvalue weighted by Gasteiger charge is 2.61. The Morgan fingerprint density at radius 1 is 1.00 bits per heavy atom. The molecule has 0 N–H and O–H groups in total. The van der Waals surface area contributed by atoms with Crippen molar-refractivity contribution < 1.29 is 44.8 Å². The summed E-state index contributed by atoms with van der Waals surface area (Å²) in [6.07, 6.45) is -0.900. The first kappa shape index (κ1) is 23.3. The van der Waals surface area contributed by atoms with E-state index in [9.17, 15) is 31.2 Å². The van der Waals surface area contributed by atoms with Crippen LogP contribution in [0.4, 0.5) is 22.8 Å². The zero-order chi connectivity index (χ0) is 22.6. The fourth-order valence-corrected chi connectivity index (χ4v) is 3.43. The number of amides is 2. The van der Waals surface area contributed by atoms with Crippen molar-refractivity contribution in [2.75, 3.05) is 0 Å². The van der Waals surface area contributed by atoms with Crippen molar-refractivity contribution in [1.82, 2.24) is 4.90 Å². The molecule has 8 nitrogen and oxygen atoms in total. The summed E-state index contributed by atoms with van der Waals surface area (Å²) < 4.78 is 74.2. The standard InChI is InChI=1S/C17H24F3NO7S/c1-15(2,3)26-13(22)21(14(23)27-16(4,5)6)12-10-7-9(8-11(10)12)28-29(24,25)17(18,19)20/h7,10-12H,8H2,1-6H3. The fraction of sp³-hybridized carbons (Fsp3) is 0.765. The quantitative estimate of drug-likeness (QED) is 0.481. The van der Waals surface area contributed by atoms with Crippen LogP contribution in [-0.4, -0.2) is 48.3 Å². The smallest absolute Gasteiger partial charge is 0.443 e. The second-order valence-corrected chi connectivity index (χ2v) is 10.4. The molecular weight excluding hydrogens is 419 g/mol. The van der Waals surface area contributed by atoms with Crippen molar-refractivity contribution in [3.63, 3.8) is 0 Å². The maximum absolute atomic E-state index is 12.5. The van der Waals surface area contributed by atoms with Gasteiger partial charge in [-0.25, -0.2) is 14.5 Å². The van der Waals surface area contributed by atoms with Gasteiger partial charge >= 0.3 is 27.8 Å². The summed E-state index contributed by atoms with van der Waals surface area (Å²) in [5, 5.41) is 0. The number of hydrogen-bond donors (Lipinski definition) is 0. The fourth-order valence-electron chi connectivity index (χ4n) is 2.93. The molecule has 0 aromatic carbocycles. The predicted octanol–water partition coefficient (Wildman–Crippen LogP) is 3.93. The highest BCUT2D eigenvalue weighted by Crippen LogP contribution is 2.54. The Kier molecular flexibility index (Phi) is 5.68. The number of alkyl halides is 3. The van der Waals surface area contributed by atoms with E-state index in [1.165, 1.54) is 6.08 Å². The highest BCUT2D eigenvalue weighted by atomic mass is 32.2. The van der Waals surface area contributed by atoms with Crippen molar-refractivity contribution in [3.8, 4) is 0 Å². The van der Waals surface area contributed by atoms with Crippen LogP contribution >= 0.6 is 0 Å². The van der Waals surface area contributed by atoms with Gasteiger partial charge in [-0.1, -0.05) is 0 Å². The Bertz CT molecular complexity index is 793. The third kappa shape index (κ3) is 5.55. The van der Waals surface area contributed by atoms with Gasteiger partial charge in [-0.05, 0) is 53.5 Å². The molecule has 3 atom stereocenters. The summed E-state index contributed by atoms with van der Waals surface area (Å²) in [5.41, 5.74) is -7.34. The first-order valence-corrected chi connectivity index (χ1v) is 10.2. The van der Waals surface area contributed by atoms with Crippen molar-refractivity contribution in [3.05, 3.63) is 11.8 Å². The first-order valence-electron chi connectivity index (χ1n) is 8.79. The van der Waals surface area contributed by atoms with E-state index in [0.717, 1.165) is 4.90 Å². The van der Waals surface area contributed by atoms with Gasteiger partial charge in [-0.15, -0.1) is 0 Å². The second kappa shape index (κ2) is 7.06. The average molecular weight is 443 g/mol. The molecule has 0 heterocycles. The molecule has 3 unspecified atom stereocenters. The summed E-state index contributed by atoms with van der Waals surface area (Å²) >= 11 is 0. The largest absolute Gasteiger partial charge is 0.534 e. The van der Waals surface area contributed by atoms with E-state index in [0.29, 0.717) is 0 Å². The molecule has 0 radical (unpaired) electrons. The van der Waals surface area contributed by atoms with Crippen molar-refractivity contribution in [2.24, 2.45) is 11.8 Å². The van der Waals surface area contributed by atoms with Crippen molar-refractivity contribution >= 4 is 22.3 Å². The predicted molar refractivity (Wildman–Crippen MR) is 93.8 cm³/mol. The molecule has 0 aliphatic heterocycles. The minimum absolute atomic E-state index is 0.174. The normalized spacial score (nSPS) is 24.3. The van der Waals surface area contributed by atoms with Crippen LogP contribution in [0.25, 0.3) is 0 Å². The Morgan fingerprint density at radius 3 is 1.76 bits per heavy atom. The van der Waals surface area contributed by atoms with Crippen molar-refractivity contribution in [2.45, 2.75) is 70.7 Å². The number of rotatable bonds is 3. The lowest BCUT2D eigenvalue weighted by Crippen LogP contribution is -2.46. The molecule has 2 amide bonds. The molecule has 1 fully saturated rings. The molecule has 0 aromatic rings. The molecule has 29 heavy (non-hydrogen) atoms. The number of ether oxygens (including phenoxy) is 2. The van der Waals surface area contributed by atoms with Crippen LogP contribution in [0.3, 0.4) is 0 Å². The summed E-state index contributed by atoms with van der Waals surface area (Å²) in [4.78, 5) is 25.9. The van der Waals surface area contributed by atoms with Gasteiger partial charge in [0.15, 0.2) is 0 Å². The number of fused-ring (bicyclic) bond motifs is 1. The van der Waals surface area contributed by atoms with Gasteiger partial charge in [0.1, 0.15) is 17.0 Å². The lowest BCUT2D eigenvalue weighted by atomic mass is 10.2. The van der Waals surface area contributed by atoms with Crippen LogP contribution in [0.2, 0.25) is 0 Å². The maximum atomic E-state index is 12.5. The van der Waals surface area contributed by atoms with Gasteiger partial charge in [0, 0.05) is 12.3 Å². The zero-order valence-electron chi connectivity index (χ0n) is 16.9. The Hall–Kier alpha value is -1.98. The Morgan fingerprint density at radius 2 is 1.45 bits per heavy atom. The molecule has 12 heteroatoms. The summed E-state index contributed by atoms with van der Waals surface area (Å²) in [7, 11) is -5.77. The number of carbonyl (C=O) groups excluding carboxylic acids is 2. The first-order chi connectivity index (χ1) is 12.8. The van der Waals surface area contributed by atoms with Gasteiger partial charge in [0.25, 0.3) is 0 Å². The third-order valence-corrected chi connectivity index (χ3v) is 4.98. The van der Waals surface area contributed by atoms with Crippen LogP contribution in [-0.2, 0) is 23.8 Å². The number of allylic oxidation sites excluding steroid dienone is 1. The van der Waals surface area contributed by atoms with Crippen LogP contribution in [0.5, 0.6) is 0 Å². The monoisotopic (exact) mass is 443 g/mol. The summed E-state index contributed by atoms with van der Waals surface area (Å²) in [6.45, 7) is 9.67. The van der Waals surface area contributed by atoms with Crippen LogP contribution < -0.4 is 0 Å². The second-order valence-electron chi connectivity index (χ2n) is 8.88. The number of halogens is 3. The number of nitrogens with zero attached hydrogens (tertiary/aromatic N) is 1. The molecule has 2 aliphatic rings. The number of carbonyl (C=O) groups is 2. The molecule has 0 spiro atoms. The SMILES string of the molecule is CC(C)(C)OC(=O)N(C(=O)OC(C)(C)C)C1C2C=C(OS(=O)(=O)C(F)(F)F)CC21. The van der Waals surface area contributed by atoms with Gasteiger partial charge in [-0.3, -0.25) is 0 Å². The molecule has 1 saturated carbocycles. The van der Waals surface area contributed by atoms with E-state index in [1.54, 1.807) is 41.5 Å². The Labute approximate surface area is 167 Å². The average Bonchev–Trinajstić information content (AvgIpc) is 2.89. The Balaban J connectivity index is 2.18. The van der Waals surface area contributed by atoms with E-state index in [2.05, 4.69) is 4.18 Å². The van der Waals surface area contributed by atoms with E-state index in [-0.39, 0.29) is 12.2 Å². The van der Waals surface area contributed by atoms with E-state index in [1.807, 2.05) is 0 Å². The van der Waals surface area contributed by atoms with Gasteiger partial charge in [-0.2, -0.15) is 21.6 Å². The van der Waals surface area contributed by atoms with Gasteiger partial charge < -0.3 is 13.7 Å². The van der Waals surface area contributed by atoms with Crippen molar-refractivity contribution in [1.29, 1.82) is 0 Å². The molecule has 0 bridgehead atoms. The molecule has 166 valence electrons. The van der Waals surface area contributed by atoms with Crippen LogP contribution in [0, 0.1) is 11.8 Å². The molecule has 2 aliphatic carbocycles. The van der Waals surface area contributed by atoms with E-state index in [4.69, 9.17) is 9.47 Å². The van der Waals surface area contributed by atoms with Gasteiger partial charge in [0.05, 0.1) is 6.04 Å². The zero-order valence-corrected chi connectivity index (χ0v) is 17.7. The van der Waals surface area contributed by atoms with E-state index >= 15 is 0 Å². The lowest BCUT2D eigenvalue weighted by Gasteiger charge is -2.29. The maximum Gasteiger partial charge on any atom is 0.534 e. The van der Waals surface area contributed by atoms with Crippen LogP contribution in [0.1, 0.15) is 48.0 Å². The molecule has 2 rings (SSSR count). The molecule has 0 aromatic heterocycles. The van der Waals surface area contributed by atoms with Gasteiger partial charge in [0.2, 0.25) is 0 Å². The van der Waals surface area contributed by atoms with E-state index < -0.39 is 56.9 Å². The summed E-state index contributed by atoms with van der Waals surface area (Å²) in [5.74, 6) is -1.40. The lowest BCUT2D eigenvalue weighted by molar-refractivity contribution is -0.0523. The molecule has 0 saturated heterocycles. The summed E-state index contributed by atoms with van der Waals surface area (Å²) in [6, 6.07) is -0.722. The minimum Gasteiger partial charge on any atom is -0.443 e. The molecular formula is C17H24F3NO7S. The third-order valence-electron chi connectivity index (χ3n) is 3.98. The number of imide groups is 1.